The molecule has 0 bridgehead atoms. The Kier molecular flexibility index (Phi) is 6.31. The average molecular weight is 501 g/mol. The molecule has 37 heavy (non-hydrogen) atoms. The van der Waals surface area contributed by atoms with Gasteiger partial charge in [-0.3, -0.25) is 4.79 Å². The number of para-hydroxylation sites is 1. The standard InChI is InChI=1S/C29H24O8/c1-16-18(11-17-7-5-6-8-22(17)35-16)12-24-27(30)21-10-9-20(15-23(21)37-24)36-29(31)19-13-25(32-2)28(34-4)26(14-19)33-3/h5-16H,1-4H3. The molecule has 0 amide bonds. The Labute approximate surface area is 213 Å². The van der Waals surface area contributed by atoms with Gasteiger partial charge in [0.1, 0.15) is 23.4 Å². The zero-order chi connectivity index (χ0) is 26.1. The predicted octanol–water partition coefficient (Wildman–Crippen LogP) is 5.26. The molecule has 5 rings (SSSR count). The average Bonchev–Trinajstić information content (AvgIpc) is 3.22. The van der Waals surface area contributed by atoms with Crippen molar-refractivity contribution in [3.8, 4) is 34.5 Å². The summed E-state index contributed by atoms with van der Waals surface area (Å²) < 4.78 is 33.3. The van der Waals surface area contributed by atoms with Gasteiger partial charge in [-0.15, -0.1) is 0 Å². The van der Waals surface area contributed by atoms with Gasteiger partial charge in [0.25, 0.3) is 0 Å². The number of ketones is 1. The molecule has 1 unspecified atom stereocenters. The number of carbonyl (C=O) groups is 2. The van der Waals surface area contributed by atoms with E-state index in [9.17, 15) is 9.59 Å². The fourth-order valence-electron chi connectivity index (χ4n) is 4.17. The highest BCUT2D eigenvalue weighted by Crippen LogP contribution is 2.39. The molecule has 188 valence electrons. The van der Waals surface area contributed by atoms with Crippen LogP contribution < -0.4 is 28.4 Å². The first-order valence-electron chi connectivity index (χ1n) is 11.5. The van der Waals surface area contributed by atoms with E-state index < -0.39 is 5.97 Å². The maximum atomic E-state index is 13.0. The Bertz CT molecular complexity index is 1440. The number of esters is 1. The van der Waals surface area contributed by atoms with Gasteiger partial charge in [-0.1, -0.05) is 18.2 Å². The van der Waals surface area contributed by atoms with E-state index in [0.29, 0.717) is 28.6 Å². The third kappa shape index (κ3) is 4.49. The quantitative estimate of drug-likeness (QED) is 0.257. The van der Waals surface area contributed by atoms with Gasteiger partial charge in [-0.2, -0.15) is 0 Å². The van der Waals surface area contributed by atoms with E-state index in [2.05, 4.69) is 0 Å². The number of ether oxygens (including phenoxy) is 6. The Morgan fingerprint density at radius 3 is 2.35 bits per heavy atom. The largest absolute Gasteiger partial charge is 0.493 e. The van der Waals surface area contributed by atoms with Gasteiger partial charge in [0.2, 0.25) is 11.5 Å². The summed E-state index contributed by atoms with van der Waals surface area (Å²) in [6.45, 7) is 1.91. The molecule has 0 N–H and O–H groups in total. The Morgan fingerprint density at radius 1 is 0.919 bits per heavy atom. The van der Waals surface area contributed by atoms with Crippen molar-refractivity contribution in [2.24, 2.45) is 0 Å². The molecule has 0 saturated carbocycles. The zero-order valence-corrected chi connectivity index (χ0v) is 20.7. The fraction of sp³-hybridized carbons (Fsp3) is 0.172. The van der Waals surface area contributed by atoms with Crippen LogP contribution in [0, 0.1) is 0 Å². The highest BCUT2D eigenvalue weighted by molar-refractivity contribution is 6.12. The minimum atomic E-state index is -0.642. The van der Waals surface area contributed by atoms with E-state index in [4.69, 9.17) is 28.4 Å². The van der Waals surface area contributed by atoms with Crippen LogP contribution in [0.25, 0.3) is 6.08 Å². The van der Waals surface area contributed by atoms with Crippen LogP contribution in [-0.2, 0) is 0 Å². The van der Waals surface area contributed by atoms with Crippen LogP contribution >= 0.6 is 0 Å². The number of Topliss-reactive ketones (excluding diaryl/α,β-unsaturated/α-hetero) is 1. The van der Waals surface area contributed by atoms with Crippen LogP contribution in [0.2, 0.25) is 0 Å². The zero-order valence-electron chi connectivity index (χ0n) is 20.7. The van der Waals surface area contributed by atoms with Crippen molar-refractivity contribution in [1.82, 2.24) is 0 Å². The lowest BCUT2D eigenvalue weighted by molar-refractivity contribution is 0.0733. The number of methoxy groups -OCH3 is 3. The first-order chi connectivity index (χ1) is 17.9. The van der Waals surface area contributed by atoms with Crippen molar-refractivity contribution in [3.63, 3.8) is 0 Å². The smallest absolute Gasteiger partial charge is 0.343 e. The van der Waals surface area contributed by atoms with Gasteiger partial charge < -0.3 is 28.4 Å². The molecule has 0 aromatic heterocycles. The van der Waals surface area contributed by atoms with E-state index in [1.54, 1.807) is 18.2 Å². The highest BCUT2D eigenvalue weighted by Gasteiger charge is 2.30. The molecule has 3 aromatic rings. The summed E-state index contributed by atoms with van der Waals surface area (Å²) >= 11 is 0. The molecule has 8 heteroatoms. The monoisotopic (exact) mass is 500 g/mol. The van der Waals surface area contributed by atoms with Crippen LogP contribution in [0.5, 0.6) is 34.5 Å². The van der Waals surface area contributed by atoms with Crippen LogP contribution in [0.1, 0.15) is 33.2 Å². The number of benzene rings is 3. The topological polar surface area (TPSA) is 89.5 Å². The van der Waals surface area contributed by atoms with Crippen LogP contribution in [0.15, 0.2) is 72.0 Å². The molecule has 3 aromatic carbocycles. The minimum Gasteiger partial charge on any atom is -0.493 e. The van der Waals surface area contributed by atoms with Crippen molar-refractivity contribution in [2.75, 3.05) is 21.3 Å². The second-order valence-electron chi connectivity index (χ2n) is 8.34. The number of carbonyl (C=O) groups excluding carboxylic acids is 2. The maximum Gasteiger partial charge on any atom is 0.343 e. The van der Waals surface area contributed by atoms with Crippen molar-refractivity contribution < 1.29 is 38.0 Å². The summed E-state index contributed by atoms with van der Waals surface area (Å²) in [6.07, 6.45) is 3.41. The third-order valence-corrected chi connectivity index (χ3v) is 6.06. The summed E-state index contributed by atoms with van der Waals surface area (Å²) in [5.74, 6) is 1.59. The Balaban J connectivity index is 1.37. The summed E-state index contributed by atoms with van der Waals surface area (Å²) in [5.41, 5.74) is 2.32. The van der Waals surface area contributed by atoms with Gasteiger partial charge in [-0.05, 0) is 55.0 Å². The number of hydrogen-bond donors (Lipinski definition) is 0. The number of hydrogen-bond acceptors (Lipinski definition) is 8. The summed E-state index contributed by atoms with van der Waals surface area (Å²) in [7, 11) is 4.40. The maximum absolute atomic E-state index is 13.0. The SMILES string of the molecule is COc1cc(C(=O)Oc2ccc3c(c2)OC(=CC2=Cc4ccccc4OC2C)C3=O)cc(OC)c1OC. The second kappa shape index (κ2) is 9.73. The Hall–Kier alpha value is -4.72. The lowest BCUT2D eigenvalue weighted by Gasteiger charge is -2.22. The molecule has 1 atom stereocenters. The lowest BCUT2D eigenvalue weighted by Crippen LogP contribution is -2.18. The molecule has 0 fully saturated rings. The summed E-state index contributed by atoms with van der Waals surface area (Å²) in [5, 5.41) is 0. The number of rotatable bonds is 6. The van der Waals surface area contributed by atoms with Crippen molar-refractivity contribution >= 4 is 17.8 Å². The Morgan fingerprint density at radius 2 is 1.65 bits per heavy atom. The number of fused-ring (bicyclic) bond motifs is 2. The normalized spacial score (nSPS) is 16.6. The molecule has 2 aliphatic heterocycles. The third-order valence-electron chi connectivity index (χ3n) is 6.06. The molecule has 0 saturated heterocycles. The molecule has 2 heterocycles. The lowest BCUT2D eigenvalue weighted by atomic mass is 10.0. The summed E-state index contributed by atoms with van der Waals surface area (Å²) in [6, 6.07) is 15.3. The molecular weight excluding hydrogens is 476 g/mol. The van der Waals surface area contributed by atoms with Crippen LogP contribution in [0.3, 0.4) is 0 Å². The molecule has 8 nitrogen and oxygen atoms in total. The van der Waals surface area contributed by atoms with E-state index in [0.717, 1.165) is 16.9 Å². The van der Waals surface area contributed by atoms with E-state index in [1.807, 2.05) is 37.3 Å². The highest BCUT2D eigenvalue weighted by atomic mass is 16.5. The molecule has 0 radical (unpaired) electrons. The molecule has 2 aliphatic rings. The molecular formula is C29H24O8. The van der Waals surface area contributed by atoms with E-state index >= 15 is 0 Å². The van der Waals surface area contributed by atoms with Crippen molar-refractivity contribution in [3.05, 3.63) is 88.7 Å². The van der Waals surface area contributed by atoms with E-state index in [-0.39, 0.29) is 29.0 Å². The molecule has 0 aliphatic carbocycles. The van der Waals surface area contributed by atoms with Gasteiger partial charge in [0.05, 0.1) is 32.5 Å². The second-order valence-corrected chi connectivity index (χ2v) is 8.34. The fourth-order valence-corrected chi connectivity index (χ4v) is 4.17. The first kappa shape index (κ1) is 24.0. The van der Waals surface area contributed by atoms with Gasteiger partial charge in [0.15, 0.2) is 17.3 Å². The van der Waals surface area contributed by atoms with Crippen molar-refractivity contribution in [2.45, 2.75) is 13.0 Å². The predicted molar refractivity (Wildman–Crippen MR) is 135 cm³/mol. The summed E-state index contributed by atoms with van der Waals surface area (Å²) in [4.78, 5) is 25.8. The van der Waals surface area contributed by atoms with E-state index in [1.165, 1.54) is 39.5 Å². The van der Waals surface area contributed by atoms with Crippen LogP contribution in [0.4, 0.5) is 0 Å². The minimum absolute atomic E-state index is 0.171. The van der Waals surface area contributed by atoms with Gasteiger partial charge in [-0.25, -0.2) is 4.79 Å². The van der Waals surface area contributed by atoms with Gasteiger partial charge >= 0.3 is 5.97 Å². The first-order valence-corrected chi connectivity index (χ1v) is 11.5. The van der Waals surface area contributed by atoms with Crippen molar-refractivity contribution in [1.29, 1.82) is 0 Å². The number of allylic oxidation sites excluding steroid dienone is 1. The van der Waals surface area contributed by atoms with Crippen LogP contribution in [-0.4, -0.2) is 39.2 Å². The molecule has 0 spiro atoms. The van der Waals surface area contributed by atoms with Gasteiger partial charge in [0, 0.05) is 11.6 Å².